The molecule has 0 bridgehead atoms. The summed E-state index contributed by atoms with van der Waals surface area (Å²) < 4.78 is 7.45. The van der Waals surface area contributed by atoms with Crippen LogP contribution in [-0.2, 0) is 17.8 Å². The topological polar surface area (TPSA) is 102 Å². The quantitative estimate of drug-likeness (QED) is 0.415. The van der Waals surface area contributed by atoms with Gasteiger partial charge in [-0.15, -0.1) is 0 Å². The van der Waals surface area contributed by atoms with Crippen LogP contribution in [0.2, 0.25) is 0 Å². The number of amides is 2. The minimum atomic E-state index is -0.349. The Hall–Kier alpha value is -3.72. The van der Waals surface area contributed by atoms with E-state index in [-0.39, 0.29) is 24.0 Å². The highest BCUT2D eigenvalue weighted by Gasteiger charge is 2.11. The lowest BCUT2D eigenvalue weighted by Gasteiger charge is -2.06. The molecule has 31 heavy (non-hydrogen) atoms. The van der Waals surface area contributed by atoms with Crippen molar-refractivity contribution in [3.8, 4) is 0 Å². The molecule has 3 heterocycles. The maximum atomic E-state index is 12.3. The molecule has 3 aromatic heterocycles. The fourth-order valence-electron chi connectivity index (χ4n) is 2.90. The zero-order chi connectivity index (χ0) is 21.6. The van der Waals surface area contributed by atoms with E-state index in [1.807, 2.05) is 12.1 Å². The number of halogens is 1. The van der Waals surface area contributed by atoms with Crippen molar-refractivity contribution in [2.24, 2.45) is 0 Å². The van der Waals surface area contributed by atoms with Crippen molar-refractivity contribution in [3.05, 3.63) is 94.7 Å². The Morgan fingerprint density at radius 2 is 1.84 bits per heavy atom. The van der Waals surface area contributed by atoms with Crippen molar-refractivity contribution >= 4 is 39.2 Å². The number of aromatic nitrogens is 3. The van der Waals surface area contributed by atoms with Gasteiger partial charge in [0.25, 0.3) is 5.91 Å². The van der Waals surface area contributed by atoms with Crippen LogP contribution in [0.5, 0.6) is 0 Å². The molecular weight excluding hydrogens is 462 g/mol. The monoisotopic (exact) mass is 479 g/mol. The standard InChI is InChI=1S/C22H18BrN5O3/c23-19-8-7-18(31-19)22(30)25-17-5-3-15(4-6-17)12-21(29)26-20-9-11-28(27-20)14-16-2-1-10-24-13-16/h1-11,13H,12,14H2,(H,25,30)(H,26,27,29). The van der Waals surface area contributed by atoms with Crippen molar-refractivity contribution in [3.63, 3.8) is 0 Å². The van der Waals surface area contributed by atoms with E-state index in [2.05, 4.69) is 36.6 Å². The first-order chi connectivity index (χ1) is 15.0. The summed E-state index contributed by atoms with van der Waals surface area (Å²) in [5.41, 5.74) is 2.44. The Morgan fingerprint density at radius 1 is 1.00 bits per heavy atom. The number of nitrogens with one attached hydrogen (secondary N) is 2. The zero-order valence-corrected chi connectivity index (χ0v) is 17.9. The zero-order valence-electron chi connectivity index (χ0n) is 16.3. The highest BCUT2D eigenvalue weighted by atomic mass is 79.9. The predicted octanol–water partition coefficient (Wildman–Crippen LogP) is 4.12. The number of carbonyl (C=O) groups is 2. The summed E-state index contributed by atoms with van der Waals surface area (Å²) in [4.78, 5) is 28.5. The smallest absolute Gasteiger partial charge is 0.291 e. The molecule has 0 atom stereocenters. The summed E-state index contributed by atoms with van der Waals surface area (Å²) in [6.07, 6.45) is 5.49. The molecule has 0 aliphatic heterocycles. The highest BCUT2D eigenvalue weighted by molar-refractivity contribution is 9.10. The minimum Gasteiger partial charge on any atom is -0.444 e. The Balaban J connectivity index is 1.29. The molecular formula is C22H18BrN5O3. The molecule has 0 saturated carbocycles. The van der Waals surface area contributed by atoms with Gasteiger partial charge >= 0.3 is 0 Å². The van der Waals surface area contributed by atoms with Crippen LogP contribution in [0.1, 0.15) is 21.7 Å². The van der Waals surface area contributed by atoms with Crippen LogP contribution < -0.4 is 10.6 Å². The van der Waals surface area contributed by atoms with Gasteiger partial charge in [0.1, 0.15) is 0 Å². The first kappa shape index (κ1) is 20.5. The molecule has 8 nitrogen and oxygen atoms in total. The summed E-state index contributed by atoms with van der Waals surface area (Å²) in [5.74, 6) is 0.169. The van der Waals surface area contributed by atoms with E-state index < -0.39 is 0 Å². The average molecular weight is 480 g/mol. The number of benzene rings is 1. The fraction of sp³-hybridized carbons (Fsp3) is 0.0909. The Labute approximate surface area is 186 Å². The Kier molecular flexibility index (Phi) is 6.23. The fourth-order valence-corrected chi connectivity index (χ4v) is 3.21. The average Bonchev–Trinajstić information content (AvgIpc) is 3.39. The predicted molar refractivity (Wildman–Crippen MR) is 119 cm³/mol. The van der Waals surface area contributed by atoms with Gasteiger partial charge in [-0.1, -0.05) is 18.2 Å². The molecule has 0 aliphatic carbocycles. The lowest BCUT2D eigenvalue weighted by molar-refractivity contribution is -0.115. The van der Waals surface area contributed by atoms with E-state index in [9.17, 15) is 9.59 Å². The lowest BCUT2D eigenvalue weighted by atomic mass is 10.1. The van der Waals surface area contributed by atoms with Gasteiger partial charge in [0, 0.05) is 30.3 Å². The summed E-state index contributed by atoms with van der Waals surface area (Å²) in [6.45, 7) is 0.575. The summed E-state index contributed by atoms with van der Waals surface area (Å²) in [6, 6.07) is 15.9. The highest BCUT2D eigenvalue weighted by Crippen LogP contribution is 2.17. The van der Waals surface area contributed by atoms with Crippen LogP contribution in [0.15, 0.2) is 82.3 Å². The number of rotatable bonds is 7. The second kappa shape index (κ2) is 9.40. The van der Waals surface area contributed by atoms with Crippen LogP contribution >= 0.6 is 15.9 Å². The SMILES string of the molecule is O=C(Cc1ccc(NC(=O)c2ccc(Br)o2)cc1)Nc1ccn(Cc2cccnc2)n1. The van der Waals surface area contributed by atoms with E-state index in [0.717, 1.165) is 11.1 Å². The van der Waals surface area contributed by atoms with Gasteiger partial charge in [0.05, 0.1) is 13.0 Å². The van der Waals surface area contributed by atoms with Crippen molar-refractivity contribution in [2.75, 3.05) is 10.6 Å². The van der Waals surface area contributed by atoms with E-state index in [1.54, 1.807) is 65.7 Å². The Bertz CT molecular complexity index is 1190. The maximum absolute atomic E-state index is 12.3. The van der Waals surface area contributed by atoms with Gasteiger partial charge < -0.3 is 15.1 Å². The molecule has 0 saturated heterocycles. The van der Waals surface area contributed by atoms with Crippen LogP contribution in [0.3, 0.4) is 0 Å². The molecule has 156 valence electrons. The van der Waals surface area contributed by atoms with E-state index in [1.165, 1.54) is 0 Å². The molecule has 2 amide bonds. The molecule has 2 N–H and O–H groups in total. The van der Waals surface area contributed by atoms with Crippen LogP contribution in [0.4, 0.5) is 11.5 Å². The maximum Gasteiger partial charge on any atom is 0.291 e. The van der Waals surface area contributed by atoms with Crippen molar-refractivity contribution in [1.29, 1.82) is 0 Å². The molecule has 0 spiro atoms. The van der Waals surface area contributed by atoms with Crippen LogP contribution in [0.25, 0.3) is 0 Å². The number of carbonyl (C=O) groups excluding carboxylic acids is 2. The van der Waals surface area contributed by atoms with Gasteiger partial charge in [0.2, 0.25) is 5.91 Å². The van der Waals surface area contributed by atoms with Gasteiger partial charge in [-0.2, -0.15) is 5.10 Å². The van der Waals surface area contributed by atoms with E-state index in [4.69, 9.17) is 4.42 Å². The number of hydrogen-bond acceptors (Lipinski definition) is 5. The van der Waals surface area contributed by atoms with Crippen molar-refractivity contribution < 1.29 is 14.0 Å². The Morgan fingerprint density at radius 3 is 2.55 bits per heavy atom. The number of nitrogens with zero attached hydrogens (tertiary/aromatic N) is 3. The van der Waals surface area contributed by atoms with Gasteiger partial charge in [-0.05, 0) is 57.4 Å². The third-order valence-corrected chi connectivity index (χ3v) is 4.78. The number of anilines is 2. The largest absolute Gasteiger partial charge is 0.444 e. The van der Waals surface area contributed by atoms with Gasteiger partial charge in [-0.3, -0.25) is 19.3 Å². The van der Waals surface area contributed by atoms with E-state index in [0.29, 0.717) is 22.7 Å². The van der Waals surface area contributed by atoms with Crippen LogP contribution in [0, 0.1) is 0 Å². The van der Waals surface area contributed by atoms with Crippen molar-refractivity contribution in [2.45, 2.75) is 13.0 Å². The van der Waals surface area contributed by atoms with Crippen molar-refractivity contribution in [1.82, 2.24) is 14.8 Å². The van der Waals surface area contributed by atoms with E-state index >= 15 is 0 Å². The third-order valence-electron chi connectivity index (χ3n) is 4.35. The summed E-state index contributed by atoms with van der Waals surface area (Å²) >= 11 is 3.17. The first-order valence-electron chi connectivity index (χ1n) is 9.43. The summed E-state index contributed by atoms with van der Waals surface area (Å²) in [7, 11) is 0. The molecule has 0 radical (unpaired) electrons. The van der Waals surface area contributed by atoms with Gasteiger partial charge in [0.15, 0.2) is 16.2 Å². The molecule has 0 unspecified atom stereocenters. The lowest BCUT2D eigenvalue weighted by Crippen LogP contribution is -2.15. The molecule has 0 aliphatic rings. The number of pyridine rings is 1. The number of hydrogen-bond donors (Lipinski definition) is 2. The first-order valence-corrected chi connectivity index (χ1v) is 10.2. The molecule has 4 aromatic rings. The minimum absolute atomic E-state index is 0.177. The molecule has 4 rings (SSSR count). The van der Waals surface area contributed by atoms with Crippen LogP contribution in [-0.4, -0.2) is 26.6 Å². The second-order valence-corrected chi connectivity index (χ2v) is 7.52. The van der Waals surface area contributed by atoms with Gasteiger partial charge in [-0.25, -0.2) is 0 Å². The second-order valence-electron chi connectivity index (χ2n) is 6.74. The normalized spacial score (nSPS) is 10.6. The summed E-state index contributed by atoms with van der Waals surface area (Å²) in [5, 5.41) is 9.90. The third kappa shape index (κ3) is 5.67. The molecule has 1 aromatic carbocycles. The molecule has 9 heteroatoms. The molecule has 0 fully saturated rings. The number of furan rings is 1.